The monoisotopic (exact) mass is 280 g/mol. The quantitative estimate of drug-likeness (QED) is 0.866. The average molecular weight is 280 g/mol. The van der Waals surface area contributed by atoms with Crippen molar-refractivity contribution in [2.24, 2.45) is 0 Å². The Morgan fingerprint density at radius 1 is 1.40 bits per heavy atom. The first-order chi connectivity index (χ1) is 9.58. The molecule has 1 aromatic carbocycles. The van der Waals surface area contributed by atoms with Crippen molar-refractivity contribution in [1.29, 1.82) is 0 Å². The summed E-state index contributed by atoms with van der Waals surface area (Å²) in [6, 6.07) is 4.54. The van der Waals surface area contributed by atoms with Gasteiger partial charge in [0.15, 0.2) is 0 Å². The van der Waals surface area contributed by atoms with Crippen LogP contribution in [0.2, 0.25) is 0 Å². The van der Waals surface area contributed by atoms with Gasteiger partial charge in [-0.2, -0.15) is 0 Å². The molecule has 0 bridgehead atoms. The fraction of sp³-hybridized carbons (Fsp3) is 0.533. The largest absolute Gasteiger partial charge is 0.478 e. The van der Waals surface area contributed by atoms with Gasteiger partial charge in [0.25, 0.3) is 0 Å². The minimum absolute atomic E-state index is 0.254. The summed E-state index contributed by atoms with van der Waals surface area (Å²) in [5.41, 5.74) is 0.185. The molecule has 1 saturated heterocycles. The number of aromatic carboxylic acids is 1. The van der Waals surface area contributed by atoms with E-state index in [-0.39, 0.29) is 5.56 Å². The maximum atomic E-state index is 14.0. The summed E-state index contributed by atoms with van der Waals surface area (Å²) < 4.78 is 14.0. The molecule has 1 heterocycles. The van der Waals surface area contributed by atoms with Crippen LogP contribution < -0.4 is 0 Å². The molecule has 110 valence electrons. The first kappa shape index (κ1) is 14.9. The lowest BCUT2D eigenvalue weighted by Gasteiger charge is -2.21. The third-order valence-corrected chi connectivity index (χ3v) is 3.75. The third-order valence-electron chi connectivity index (χ3n) is 3.75. The van der Waals surface area contributed by atoms with Crippen LogP contribution in [0.3, 0.4) is 0 Å². The molecule has 0 amide bonds. The van der Waals surface area contributed by atoms with Crippen LogP contribution in [0.15, 0.2) is 18.2 Å². The van der Waals surface area contributed by atoms with Crippen LogP contribution >= 0.6 is 0 Å². The highest BCUT2D eigenvalue weighted by Gasteiger charge is 2.16. The van der Waals surface area contributed by atoms with Crippen molar-refractivity contribution < 1.29 is 14.3 Å². The highest BCUT2D eigenvalue weighted by atomic mass is 19.1. The predicted octanol–water partition coefficient (Wildman–Crippen LogP) is 2.05. The van der Waals surface area contributed by atoms with Gasteiger partial charge in [0, 0.05) is 25.2 Å². The Hall–Kier alpha value is -1.46. The second kappa shape index (κ2) is 6.81. The number of hydrogen-bond donors (Lipinski definition) is 1. The minimum atomic E-state index is -1.22. The molecular formula is C15H21FN2O2. The summed E-state index contributed by atoms with van der Waals surface area (Å²) in [6.07, 6.45) is 2.53. The molecule has 0 radical (unpaired) electrons. The topological polar surface area (TPSA) is 43.8 Å². The molecule has 1 aliphatic rings. The second-order valence-electron chi connectivity index (χ2n) is 5.37. The van der Waals surface area contributed by atoms with Gasteiger partial charge in [0.1, 0.15) is 5.82 Å². The lowest BCUT2D eigenvalue weighted by molar-refractivity contribution is 0.0691. The predicted molar refractivity (Wildman–Crippen MR) is 75.4 cm³/mol. The molecule has 1 fully saturated rings. The summed E-state index contributed by atoms with van der Waals surface area (Å²) in [5.74, 6) is -1.84. The van der Waals surface area contributed by atoms with Crippen molar-refractivity contribution in [2.45, 2.75) is 19.4 Å². The Labute approximate surface area is 118 Å². The fourth-order valence-electron chi connectivity index (χ4n) is 2.56. The van der Waals surface area contributed by atoms with Gasteiger partial charge in [-0.3, -0.25) is 0 Å². The van der Waals surface area contributed by atoms with E-state index < -0.39 is 11.8 Å². The maximum absolute atomic E-state index is 14.0. The van der Waals surface area contributed by atoms with E-state index in [1.165, 1.54) is 18.9 Å². The van der Waals surface area contributed by atoms with Gasteiger partial charge in [0.2, 0.25) is 0 Å². The molecule has 0 atom stereocenters. The molecule has 0 aromatic heterocycles. The molecule has 5 heteroatoms. The summed E-state index contributed by atoms with van der Waals surface area (Å²) in [7, 11) is 1.93. The number of benzene rings is 1. The van der Waals surface area contributed by atoms with Gasteiger partial charge in [-0.15, -0.1) is 0 Å². The maximum Gasteiger partial charge on any atom is 0.338 e. The Morgan fingerprint density at radius 3 is 2.75 bits per heavy atom. The number of carbonyl (C=O) groups is 1. The number of likely N-dealkylation sites (N-methyl/N-ethyl adjacent to an activating group) is 1. The smallest absolute Gasteiger partial charge is 0.338 e. The summed E-state index contributed by atoms with van der Waals surface area (Å²) in [6.45, 7) is 4.57. The van der Waals surface area contributed by atoms with Gasteiger partial charge >= 0.3 is 5.97 Å². The molecule has 4 nitrogen and oxygen atoms in total. The van der Waals surface area contributed by atoms with E-state index in [0.717, 1.165) is 26.2 Å². The van der Waals surface area contributed by atoms with Crippen molar-refractivity contribution in [1.82, 2.24) is 9.80 Å². The fourth-order valence-corrected chi connectivity index (χ4v) is 2.56. The Bertz CT molecular complexity index is 473. The SMILES string of the molecule is CN(CCN1CCCC1)Cc1cccc(C(=O)O)c1F. The van der Waals surface area contributed by atoms with Crippen LogP contribution in [-0.2, 0) is 6.54 Å². The molecule has 0 saturated carbocycles. The zero-order chi connectivity index (χ0) is 14.5. The highest BCUT2D eigenvalue weighted by Crippen LogP contribution is 2.15. The Morgan fingerprint density at radius 2 is 2.10 bits per heavy atom. The molecule has 2 rings (SSSR count). The zero-order valence-electron chi connectivity index (χ0n) is 11.8. The van der Waals surface area contributed by atoms with Crippen molar-refractivity contribution >= 4 is 5.97 Å². The van der Waals surface area contributed by atoms with E-state index in [9.17, 15) is 9.18 Å². The highest BCUT2D eigenvalue weighted by molar-refractivity contribution is 5.88. The average Bonchev–Trinajstić information content (AvgIpc) is 2.91. The third kappa shape index (κ3) is 3.77. The molecule has 20 heavy (non-hydrogen) atoms. The summed E-state index contributed by atoms with van der Waals surface area (Å²) in [5, 5.41) is 8.91. The lowest BCUT2D eigenvalue weighted by Crippen LogP contribution is -2.31. The number of carboxylic acid groups (broad SMARTS) is 1. The number of halogens is 1. The van der Waals surface area contributed by atoms with E-state index in [4.69, 9.17) is 5.11 Å². The van der Waals surface area contributed by atoms with Crippen LogP contribution in [-0.4, -0.2) is 54.1 Å². The van der Waals surface area contributed by atoms with Gasteiger partial charge in [0.05, 0.1) is 5.56 Å². The lowest BCUT2D eigenvalue weighted by atomic mass is 10.1. The number of likely N-dealkylation sites (tertiary alicyclic amines) is 1. The van der Waals surface area contributed by atoms with Gasteiger partial charge in [-0.1, -0.05) is 12.1 Å². The number of nitrogens with zero attached hydrogens (tertiary/aromatic N) is 2. The van der Waals surface area contributed by atoms with Crippen LogP contribution in [0, 0.1) is 5.82 Å². The standard InChI is InChI=1S/C15H21FN2O2/c1-17(9-10-18-7-2-3-8-18)11-12-5-4-6-13(14(12)16)15(19)20/h4-6H,2-3,7-11H2,1H3,(H,19,20). The minimum Gasteiger partial charge on any atom is -0.478 e. The van der Waals surface area contributed by atoms with Crippen molar-refractivity contribution in [3.63, 3.8) is 0 Å². The molecule has 1 aliphatic heterocycles. The van der Waals surface area contributed by atoms with Crippen molar-refractivity contribution in [3.05, 3.63) is 35.1 Å². The summed E-state index contributed by atoms with van der Waals surface area (Å²) in [4.78, 5) is 15.3. The molecule has 0 unspecified atom stereocenters. The number of rotatable bonds is 6. The molecule has 1 N–H and O–H groups in total. The van der Waals surface area contributed by atoms with E-state index >= 15 is 0 Å². The molecule has 0 aliphatic carbocycles. The van der Waals surface area contributed by atoms with Crippen molar-refractivity contribution in [2.75, 3.05) is 33.2 Å². The Kier molecular flexibility index (Phi) is 5.09. The normalized spacial score (nSPS) is 15.9. The van der Waals surface area contributed by atoms with Crippen LogP contribution in [0.4, 0.5) is 4.39 Å². The number of carboxylic acids is 1. The van der Waals surface area contributed by atoms with Crippen LogP contribution in [0.1, 0.15) is 28.8 Å². The van der Waals surface area contributed by atoms with E-state index in [2.05, 4.69) is 4.90 Å². The van der Waals surface area contributed by atoms with Gasteiger partial charge in [-0.25, -0.2) is 9.18 Å². The van der Waals surface area contributed by atoms with E-state index in [0.29, 0.717) is 12.1 Å². The first-order valence-corrected chi connectivity index (χ1v) is 6.99. The van der Waals surface area contributed by atoms with E-state index in [1.807, 2.05) is 11.9 Å². The van der Waals surface area contributed by atoms with E-state index in [1.54, 1.807) is 12.1 Å². The second-order valence-corrected chi connectivity index (χ2v) is 5.37. The summed E-state index contributed by atoms with van der Waals surface area (Å²) >= 11 is 0. The van der Waals surface area contributed by atoms with Gasteiger partial charge < -0.3 is 14.9 Å². The molecular weight excluding hydrogens is 259 g/mol. The van der Waals surface area contributed by atoms with Crippen LogP contribution in [0.25, 0.3) is 0 Å². The Balaban J connectivity index is 1.91. The van der Waals surface area contributed by atoms with Crippen molar-refractivity contribution in [3.8, 4) is 0 Å². The first-order valence-electron chi connectivity index (χ1n) is 6.99. The number of hydrogen-bond acceptors (Lipinski definition) is 3. The molecule has 0 spiro atoms. The zero-order valence-corrected chi connectivity index (χ0v) is 11.8. The molecule has 1 aromatic rings. The van der Waals surface area contributed by atoms with Gasteiger partial charge in [-0.05, 0) is 39.0 Å². The van der Waals surface area contributed by atoms with Crippen LogP contribution in [0.5, 0.6) is 0 Å².